The number of nitrogens with one attached hydrogen (secondary N) is 1. The van der Waals surface area contributed by atoms with Crippen molar-refractivity contribution in [1.82, 2.24) is 20.2 Å². The minimum Gasteiger partial charge on any atom is -0.322 e. The van der Waals surface area contributed by atoms with Gasteiger partial charge in [0, 0.05) is 11.3 Å². The van der Waals surface area contributed by atoms with Gasteiger partial charge in [0.25, 0.3) is 5.91 Å². The van der Waals surface area contributed by atoms with E-state index >= 15 is 0 Å². The molecule has 0 aliphatic rings. The molecule has 0 bridgehead atoms. The van der Waals surface area contributed by atoms with Crippen LogP contribution in [0.15, 0.2) is 53.7 Å². The van der Waals surface area contributed by atoms with E-state index < -0.39 is 10.0 Å². The van der Waals surface area contributed by atoms with Crippen LogP contribution in [0.3, 0.4) is 0 Å². The predicted molar refractivity (Wildman–Crippen MR) is 94.3 cm³/mol. The molecular weight excluding hydrogens is 356 g/mol. The van der Waals surface area contributed by atoms with Gasteiger partial charge in [-0.1, -0.05) is 13.0 Å². The lowest BCUT2D eigenvalue weighted by atomic mass is 10.1. The first-order valence-corrected chi connectivity index (χ1v) is 9.23. The van der Waals surface area contributed by atoms with Gasteiger partial charge in [0.2, 0.25) is 10.0 Å². The lowest BCUT2D eigenvalue weighted by Crippen LogP contribution is -2.16. The first-order valence-electron chi connectivity index (χ1n) is 7.69. The molecule has 3 N–H and O–H groups in total. The molecule has 9 nitrogen and oxygen atoms in total. The number of benzene rings is 2. The van der Waals surface area contributed by atoms with Crippen molar-refractivity contribution in [3.63, 3.8) is 0 Å². The zero-order valence-corrected chi connectivity index (χ0v) is 14.6. The number of nitrogens with two attached hydrogens (primary N) is 1. The number of primary sulfonamides is 1. The Hall–Kier alpha value is -3.11. The monoisotopic (exact) mass is 372 g/mol. The maximum absolute atomic E-state index is 12.4. The largest absolute Gasteiger partial charge is 0.322 e. The molecule has 10 heteroatoms. The molecule has 1 amide bonds. The van der Waals surface area contributed by atoms with Crippen LogP contribution in [0, 0.1) is 0 Å². The number of tetrazole rings is 1. The molecule has 3 aromatic rings. The quantitative estimate of drug-likeness (QED) is 0.689. The molecule has 0 saturated heterocycles. The summed E-state index contributed by atoms with van der Waals surface area (Å²) in [4.78, 5) is 12.4. The number of sulfonamides is 1. The number of carbonyl (C=O) groups is 1. The van der Waals surface area contributed by atoms with Crippen LogP contribution in [0.25, 0.3) is 5.69 Å². The third kappa shape index (κ3) is 3.76. The molecule has 0 radical (unpaired) electrons. The molecule has 0 unspecified atom stereocenters. The van der Waals surface area contributed by atoms with Gasteiger partial charge in [0.05, 0.1) is 10.6 Å². The highest BCUT2D eigenvalue weighted by Gasteiger charge is 2.15. The minimum atomic E-state index is -3.87. The summed E-state index contributed by atoms with van der Waals surface area (Å²) in [5.74, 6) is -0.377. The lowest BCUT2D eigenvalue weighted by Gasteiger charge is -2.10. The van der Waals surface area contributed by atoms with Gasteiger partial charge in [0.1, 0.15) is 6.33 Å². The Bertz CT molecular complexity index is 1030. The van der Waals surface area contributed by atoms with Crippen LogP contribution in [0.5, 0.6) is 0 Å². The van der Waals surface area contributed by atoms with Gasteiger partial charge < -0.3 is 5.32 Å². The van der Waals surface area contributed by atoms with E-state index in [-0.39, 0.29) is 10.8 Å². The number of hydrogen-bond acceptors (Lipinski definition) is 6. The Morgan fingerprint density at radius 3 is 2.50 bits per heavy atom. The van der Waals surface area contributed by atoms with E-state index in [1.165, 1.54) is 17.1 Å². The van der Waals surface area contributed by atoms with Crippen molar-refractivity contribution in [2.45, 2.75) is 18.2 Å². The van der Waals surface area contributed by atoms with Crippen molar-refractivity contribution < 1.29 is 13.2 Å². The highest BCUT2D eigenvalue weighted by Crippen LogP contribution is 2.21. The average Bonchev–Trinajstić information content (AvgIpc) is 3.15. The van der Waals surface area contributed by atoms with E-state index in [0.29, 0.717) is 28.9 Å². The molecular formula is C16H16N6O3S. The Labute approximate surface area is 149 Å². The summed E-state index contributed by atoms with van der Waals surface area (Å²) in [7, 11) is -3.87. The van der Waals surface area contributed by atoms with Crippen molar-refractivity contribution in [1.29, 1.82) is 0 Å². The second kappa shape index (κ2) is 7.02. The molecule has 1 aromatic heterocycles. The van der Waals surface area contributed by atoms with Crippen LogP contribution in [0.4, 0.5) is 5.69 Å². The Morgan fingerprint density at radius 2 is 1.92 bits per heavy atom. The smallest absolute Gasteiger partial charge is 0.255 e. The van der Waals surface area contributed by atoms with Gasteiger partial charge >= 0.3 is 0 Å². The van der Waals surface area contributed by atoms with Gasteiger partial charge in [-0.3, -0.25) is 4.79 Å². The summed E-state index contributed by atoms with van der Waals surface area (Å²) in [6.45, 7) is 1.83. The van der Waals surface area contributed by atoms with Crippen LogP contribution in [0.1, 0.15) is 22.8 Å². The summed E-state index contributed by atoms with van der Waals surface area (Å²) in [5, 5.41) is 18.8. The molecule has 0 fully saturated rings. The van der Waals surface area contributed by atoms with Crippen LogP contribution in [-0.2, 0) is 16.4 Å². The van der Waals surface area contributed by atoms with E-state index in [1.54, 1.807) is 36.4 Å². The van der Waals surface area contributed by atoms with Gasteiger partial charge in [-0.2, -0.15) is 0 Å². The van der Waals surface area contributed by atoms with E-state index in [9.17, 15) is 13.2 Å². The molecule has 0 spiro atoms. The summed E-state index contributed by atoms with van der Waals surface area (Å²) in [5.41, 5.74) is 2.05. The fourth-order valence-corrected chi connectivity index (χ4v) is 3.31. The molecule has 0 saturated carbocycles. The highest BCUT2D eigenvalue weighted by atomic mass is 32.2. The van der Waals surface area contributed by atoms with E-state index in [1.807, 2.05) is 6.92 Å². The number of amides is 1. The van der Waals surface area contributed by atoms with Crippen LogP contribution < -0.4 is 10.5 Å². The third-order valence-electron chi connectivity index (χ3n) is 3.76. The summed E-state index contributed by atoms with van der Waals surface area (Å²) < 4.78 is 24.9. The fourth-order valence-electron chi connectivity index (χ4n) is 2.44. The lowest BCUT2D eigenvalue weighted by molar-refractivity contribution is 0.102. The van der Waals surface area contributed by atoms with Crippen LogP contribution >= 0.6 is 0 Å². The Kier molecular flexibility index (Phi) is 4.78. The normalized spacial score (nSPS) is 11.3. The molecule has 0 aliphatic heterocycles. The zero-order chi connectivity index (χ0) is 18.7. The highest BCUT2D eigenvalue weighted by molar-refractivity contribution is 7.89. The van der Waals surface area contributed by atoms with Crippen LogP contribution in [-0.4, -0.2) is 34.5 Å². The first-order chi connectivity index (χ1) is 12.4. The maximum Gasteiger partial charge on any atom is 0.255 e. The van der Waals surface area contributed by atoms with Crippen LogP contribution in [0.2, 0.25) is 0 Å². The molecule has 1 heterocycles. The minimum absolute atomic E-state index is 0.00632. The van der Waals surface area contributed by atoms with Crippen molar-refractivity contribution in [3.8, 4) is 5.69 Å². The van der Waals surface area contributed by atoms with E-state index in [2.05, 4.69) is 20.8 Å². The zero-order valence-electron chi connectivity index (χ0n) is 13.8. The van der Waals surface area contributed by atoms with Gasteiger partial charge in [0.15, 0.2) is 0 Å². The fraction of sp³-hybridized carbons (Fsp3) is 0.125. The number of aryl methyl sites for hydroxylation is 1. The Balaban J connectivity index is 1.82. The first kappa shape index (κ1) is 17.7. The van der Waals surface area contributed by atoms with Gasteiger partial charge in [-0.05, 0) is 58.8 Å². The topological polar surface area (TPSA) is 133 Å². The van der Waals surface area contributed by atoms with Crippen molar-refractivity contribution in [2.75, 3.05) is 5.32 Å². The molecule has 0 aliphatic carbocycles. The van der Waals surface area contributed by atoms with E-state index in [4.69, 9.17) is 5.14 Å². The number of aromatic nitrogens is 4. The molecule has 2 aromatic carbocycles. The van der Waals surface area contributed by atoms with E-state index in [0.717, 1.165) is 0 Å². The molecule has 3 rings (SSSR count). The second-order valence-electron chi connectivity index (χ2n) is 5.48. The summed E-state index contributed by atoms with van der Waals surface area (Å²) >= 11 is 0. The second-order valence-corrected chi connectivity index (χ2v) is 7.01. The molecule has 134 valence electrons. The summed E-state index contributed by atoms with van der Waals surface area (Å²) in [6.07, 6.45) is 1.96. The van der Waals surface area contributed by atoms with Gasteiger partial charge in [-0.15, -0.1) is 5.10 Å². The molecule has 0 atom stereocenters. The van der Waals surface area contributed by atoms with Crippen molar-refractivity contribution >= 4 is 21.6 Å². The Morgan fingerprint density at radius 1 is 1.19 bits per heavy atom. The summed E-state index contributed by atoms with van der Waals surface area (Å²) in [6, 6.07) is 11.3. The number of anilines is 1. The number of nitrogens with zero attached hydrogens (tertiary/aromatic N) is 4. The average molecular weight is 372 g/mol. The number of carbonyl (C=O) groups excluding carboxylic acids is 1. The van der Waals surface area contributed by atoms with Crippen molar-refractivity contribution in [3.05, 3.63) is 59.9 Å². The maximum atomic E-state index is 12.4. The van der Waals surface area contributed by atoms with Crippen molar-refractivity contribution in [2.24, 2.45) is 5.14 Å². The number of rotatable bonds is 5. The third-order valence-corrected chi connectivity index (χ3v) is 4.75. The standard InChI is InChI=1S/C16H16N6O3S/c1-2-11-3-6-13(9-15(11)26(17,24)25)19-16(23)12-4-7-14(8-5-12)22-10-18-20-21-22/h3-10H,2H2,1H3,(H,19,23)(H2,17,24,25). The molecule has 26 heavy (non-hydrogen) atoms. The van der Waals surface area contributed by atoms with Gasteiger partial charge in [-0.25, -0.2) is 18.2 Å². The SMILES string of the molecule is CCc1ccc(NC(=O)c2ccc(-n3cnnn3)cc2)cc1S(N)(=O)=O. The number of hydrogen-bond donors (Lipinski definition) is 2. The predicted octanol–water partition coefficient (Wildman–Crippen LogP) is 1.12.